The predicted molar refractivity (Wildman–Crippen MR) is 50.5 cm³/mol. The molecular weight excluding hydrogens is 166 g/mol. The molecule has 2 rings (SSSR count). The third-order valence-corrected chi connectivity index (χ3v) is 3.27. The SMILES string of the molecule is OC(C1CCCNC1)C1CCOC1. The van der Waals surface area contributed by atoms with Crippen LogP contribution in [0.4, 0.5) is 0 Å². The minimum Gasteiger partial charge on any atom is -0.392 e. The molecule has 0 aromatic carbocycles. The largest absolute Gasteiger partial charge is 0.392 e. The van der Waals surface area contributed by atoms with E-state index in [9.17, 15) is 5.11 Å². The lowest BCUT2D eigenvalue weighted by Gasteiger charge is -2.30. The highest BCUT2D eigenvalue weighted by molar-refractivity contribution is 4.82. The molecule has 2 saturated heterocycles. The Kier molecular flexibility index (Phi) is 3.19. The van der Waals surface area contributed by atoms with Crippen molar-refractivity contribution in [3.05, 3.63) is 0 Å². The van der Waals surface area contributed by atoms with Gasteiger partial charge < -0.3 is 15.2 Å². The van der Waals surface area contributed by atoms with Gasteiger partial charge in [0.2, 0.25) is 0 Å². The first kappa shape index (κ1) is 9.44. The molecule has 13 heavy (non-hydrogen) atoms. The van der Waals surface area contributed by atoms with Gasteiger partial charge in [0.15, 0.2) is 0 Å². The van der Waals surface area contributed by atoms with E-state index in [1.807, 2.05) is 0 Å². The summed E-state index contributed by atoms with van der Waals surface area (Å²) in [6.07, 6.45) is 3.27. The predicted octanol–water partition coefficient (Wildman–Crippen LogP) is 0.383. The molecule has 2 heterocycles. The fraction of sp³-hybridized carbons (Fsp3) is 1.00. The van der Waals surface area contributed by atoms with E-state index in [0.717, 1.165) is 32.7 Å². The summed E-state index contributed by atoms with van der Waals surface area (Å²) >= 11 is 0. The monoisotopic (exact) mass is 185 g/mol. The van der Waals surface area contributed by atoms with Crippen molar-refractivity contribution in [1.82, 2.24) is 5.32 Å². The van der Waals surface area contributed by atoms with Crippen molar-refractivity contribution in [3.8, 4) is 0 Å². The number of hydrogen-bond acceptors (Lipinski definition) is 3. The summed E-state index contributed by atoms with van der Waals surface area (Å²) in [5, 5.41) is 13.4. The summed E-state index contributed by atoms with van der Waals surface area (Å²) in [4.78, 5) is 0. The number of aliphatic hydroxyl groups is 1. The van der Waals surface area contributed by atoms with Crippen LogP contribution in [0.3, 0.4) is 0 Å². The van der Waals surface area contributed by atoms with Gasteiger partial charge in [-0.3, -0.25) is 0 Å². The third-order valence-electron chi connectivity index (χ3n) is 3.27. The molecule has 2 aliphatic heterocycles. The average molecular weight is 185 g/mol. The first-order valence-corrected chi connectivity index (χ1v) is 5.34. The fourth-order valence-electron chi connectivity index (χ4n) is 2.38. The van der Waals surface area contributed by atoms with Crippen LogP contribution < -0.4 is 5.32 Å². The topological polar surface area (TPSA) is 41.5 Å². The van der Waals surface area contributed by atoms with Gasteiger partial charge in [0.05, 0.1) is 12.7 Å². The Labute approximate surface area is 79.5 Å². The van der Waals surface area contributed by atoms with Crippen LogP contribution in [0, 0.1) is 11.8 Å². The lowest BCUT2D eigenvalue weighted by Crippen LogP contribution is -2.40. The minimum atomic E-state index is -0.143. The lowest BCUT2D eigenvalue weighted by molar-refractivity contribution is 0.0333. The van der Waals surface area contributed by atoms with E-state index in [0.29, 0.717) is 11.8 Å². The highest BCUT2D eigenvalue weighted by Gasteiger charge is 2.31. The molecule has 2 N–H and O–H groups in total. The Morgan fingerprint density at radius 3 is 2.85 bits per heavy atom. The van der Waals surface area contributed by atoms with Crippen LogP contribution in [0.5, 0.6) is 0 Å². The number of nitrogens with one attached hydrogen (secondary N) is 1. The molecule has 0 amide bonds. The molecule has 0 bridgehead atoms. The van der Waals surface area contributed by atoms with Crippen LogP contribution in [0.15, 0.2) is 0 Å². The Balaban J connectivity index is 1.83. The fourth-order valence-corrected chi connectivity index (χ4v) is 2.38. The number of aliphatic hydroxyl groups excluding tert-OH is 1. The smallest absolute Gasteiger partial charge is 0.0631 e. The van der Waals surface area contributed by atoms with Crippen molar-refractivity contribution in [3.63, 3.8) is 0 Å². The second-order valence-corrected chi connectivity index (χ2v) is 4.22. The average Bonchev–Trinajstić information content (AvgIpc) is 2.71. The molecule has 0 saturated carbocycles. The summed E-state index contributed by atoms with van der Waals surface area (Å²) in [6.45, 7) is 3.70. The van der Waals surface area contributed by atoms with Gasteiger partial charge in [-0.05, 0) is 31.7 Å². The molecule has 2 aliphatic rings. The van der Waals surface area contributed by atoms with Gasteiger partial charge in [-0.1, -0.05) is 0 Å². The van der Waals surface area contributed by atoms with Crippen LogP contribution in [0.25, 0.3) is 0 Å². The molecule has 0 spiro atoms. The molecule has 3 unspecified atom stereocenters. The second kappa shape index (κ2) is 4.40. The van der Waals surface area contributed by atoms with Crippen molar-refractivity contribution in [2.75, 3.05) is 26.3 Å². The third kappa shape index (κ3) is 2.22. The first-order valence-electron chi connectivity index (χ1n) is 5.34. The standard InChI is InChI=1S/C10H19NO2/c12-10(9-3-5-13-7-9)8-2-1-4-11-6-8/h8-12H,1-7H2. The number of hydrogen-bond donors (Lipinski definition) is 2. The van der Waals surface area contributed by atoms with Crippen molar-refractivity contribution in [2.24, 2.45) is 11.8 Å². The van der Waals surface area contributed by atoms with Gasteiger partial charge in [0.25, 0.3) is 0 Å². The summed E-state index contributed by atoms with van der Waals surface area (Å²) in [5.74, 6) is 0.852. The van der Waals surface area contributed by atoms with E-state index in [4.69, 9.17) is 4.74 Å². The first-order chi connectivity index (χ1) is 6.38. The quantitative estimate of drug-likeness (QED) is 0.653. The zero-order valence-electron chi connectivity index (χ0n) is 8.04. The van der Waals surface area contributed by atoms with E-state index in [1.54, 1.807) is 0 Å². The molecule has 3 atom stereocenters. The zero-order valence-corrected chi connectivity index (χ0v) is 8.04. The molecule has 0 radical (unpaired) electrons. The molecule has 3 nitrogen and oxygen atoms in total. The molecule has 76 valence electrons. The summed E-state index contributed by atoms with van der Waals surface area (Å²) in [5.41, 5.74) is 0. The Hall–Kier alpha value is -0.120. The second-order valence-electron chi connectivity index (χ2n) is 4.22. The zero-order chi connectivity index (χ0) is 9.10. The van der Waals surface area contributed by atoms with Gasteiger partial charge in [0, 0.05) is 19.1 Å². The van der Waals surface area contributed by atoms with Gasteiger partial charge in [-0.2, -0.15) is 0 Å². The van der Waals surface area contributed by atoms with Crippen molar-refractivity contribution >= 4 is 0 Å². The van der Waals surface area contributed by atoms with Gasteiger partial charge >= 0.3 is 0 Å². The number of rotatable bonds is 2. The Morgan fingerprint density at radius 1 is 1.31 bits per heavy atom. The molecule has 3 heteroatoms. The lowest BCUT2D eigenvalue weighted by atomic mass is 9.85. The highest BCUT2D eigenvalue weighted by Crippen LogP contribution is 2.25. The Morgan fingerprint density at radius 2 is 2.23 bits per heavy atom. The maximum atomic E-state index is 10.1. The van der Waals surface area contributed by atoms with Crippen LogP contribution in [0.2, 0.25) is 0 Å². The van der Waals surface area contributed by atoms with Crippen LogP contribution >= 0.6 is 0 Å². The summed E-state index contributed by atoms with van der Waals surface area (Å²) < 4.78 is 5.29. The highest BCUT2D eigenvalue weighted by atomic mass is 16.5. The van der Waals surface area contributed by atoms with Crippen molar-refractivity contribution in [2.45, 2.75) is 25.4 Å². The maximum absolute atomic E-state index is 10.1. The van der Waals surface area contributed by atoms with Gasteiger partial charge in [0.1, 0.15) is 0 Å². The number of piperidine rings is 1. The minimum absolute atomic E-state index is 0.143. The van der Waals surface area contributed by atoms with E-state index in [2.05, 4.69) is 5.32 Å². The molecule has 0 aromatic rings. The molecule has 0 aliphatic carbocycles. The summed E-state index contributed by atoms with van der Waals surface area (Å²) in [7, 11) is 0. The van der Waals surface area contributed by atoms with Gasteiger partial charge in [-0.25, -0.2) is 0 Å². The normalized spacial score (nSPS) is 37.6. The van der Waals surface area contributed by atoms with E-state index < -0.39 is 0 Å². The van der Waals surface area contributed by atoms with Crippen LogP contribution in [-0.2, 0) is 4.74 Å². The summed E-state index contributed by atoms with van der Waals surface area (Å²) in [6, 6.07) is 0. The number of ether oxygens (including phenoxy) is 1. The van der Waals surface area contributed by atoms with Gasteiger partial charge in [-0.15, -0.1) is 0 Å². The maximum Gasteiger partial charge on any atom is 0.0631 e. The Bertz CT molecular complexity index is 151. The van der Waals surface area contributed by atoms with Crippen molar-refractivity contribution < 1.29 is 9.84 Å². The molecule has 2 fully saturated rings. The molecular formula is C10H19NO2. The van der Waals surface area contributed by atoms with E-state index >= 15 is 0 Å². The van der Waals surface area contributed by atoms with Crippen LogP contribution in [-0.4, -0.2) is 37.5 Å². The van der Waals surface area contributed by atoms with E-state index in [1.165, 1.54) is 12.8 Å². The van der Waals surface area contributed by atoms with Crippen molar-refractivity contribution in [1.29, 1.82) is 0 Å². The van der Waals surface area contributed by atoms with Crippen LogP contribution in [0.1, 0.15) is 19.3 Å². The van der Waals surface area contributed by atoms with E-state index in [-0.39, 0.29) is 6.10 Å². The molecule has 0 aromatic heterocycles.